The summed E-state index contributed by atoms with van der Waals surface area (Å²) in [6.45, 7) is 1.15. The Morgan fingerprint density at radius 2 is 2.38 bits per heavy atom. The zero-order valence-electron chi connectivity index (χ0n) is 9.08. The molecule has 1 atom stereocenters. The van der Waals surface area contributed by atoms with E-state index in [-0.39, 0.29) is 6.61 Å². The first kappa shape index (κ1) is 12.4. The quantitative estimate of drug-likeness (QED) is 0.839. The molecule has 0 aromatic heterocycles. The maximum Gasteiger partial charge on any atom is 0.0443 e. The summed E-state index contributed by atoms with van der Waals surface area (Å²) < 4.78 is 1.14. The first-order chi connectivity index (χ1) is 7.81. The monoisotopic (exact) mass is 301 g/mol. The van der Waals surface area contributed by atoms with Crippen LogP contribution in [-0.4, -0.2) is 24.0 Å². The second kappa shape index (κ2) is 6.05. The number of nitrogens with one attached hydrogen (secondary N) is 1. The fraction of sp³-hybridized carbons (Fsp3) is 0.500. The Kier molecular flexibility index (Phi) is 4.70. The van der Waals surface area contributed by atoms with Crippen molar-refractivity contribution in [3.8, 4) is 0 Å². The van der Waals surface area contributed by atoms with Crippen molar-refractivity contribution in [3.05, 3.63) is 28.2 Å². The molecule has 0 saturated heterocycles. The Morgan fingerprint density at radius 1 is 1.50 bits per heavy atom. The molecule has 0 fully saturated rings. The van der Waals surface area contributed by atoms with Gasteiger partial charge in [0.1, 0.15) is 0 Å². The largest absolute Gasteiger partial charge is 0.396 e. The van der Waals surface area contributed by atoms with Crippen LogP contribution in [0, 0.1) is 0 Å². The Balaban J connectivity index is 2.09. The van der Waals surface area contributed by atoms with Crippen LogP contribution in [0.25, 0.3) is 0 Å². The predicted octanol–water partition coefficient (Wildman–Crippen LogP) is 2.96. The van der Waals surface area contributed by atoms with Crippen molar-refractivity contribution in [3.63, 3.8) is 0 Å². The van der Waals surface area contributed by atoms with Crippen LogP contribution < -0.4 is 5.32 Å². The molecule has 1 heterocycles. The van der Waals surface area contributed by atoms with Gasteiger partial charge in [-0.05, 0) is 48.9 Å². The average Bonchev–Trinajstić information content (AvgIpc) is 2.30. The molecule has 16 heavy (non-hydrogen) atoms. The van der Waals surface area contributed by atoms with Crippen LogP contribution in [0.5, 0.6) is 0 Å². The van der Waals surface area contributed by atoms with Gasteiger partial charge in [0, 0.05) is 22.0 Å². The number of fused-ring (bicyclic) bond motifs is 1. The molecule has 0 aliphatic carbocycles. The summed E-state index contributed by atoms with van der Waals surface area (Å²) in [4.78, 5) is 1.39. The minimum Gasteiger partial charge on any atom is -0.396 e. The van der Waals surface area contributed by atoms with Crippen LogP contribution in [0.1, 0.15) is 24.4 Å². The lowest BCUT2D eigenvalue weighted by atomic mass is 10.0. The molecular weight excluding hydrogens is 286 g/mol. The maximum absolute atomic E-state index is 8.78. The van der Waals surface area contributed by atoms with Crippen LogP contribution in [-0.2, 0) is 0 Å². The molecule has 2 rings (SSSR count). The van der Waals surface area contributed by atoms with Crippen molar-refractivity contribution in [2.75, 3.05) is 18.9 Å². The van der Waals surface area contributed by atoms with Gasteiger partial charge in [0.15, 0.2) is 0 Å². The van der Waals surface area contributed by atoms with E-state index in [0.717, 1.165) is 17.4 Å². The number of hydrogen-bond acceptors (Lipinski definition) is 3. The zero-order chi connectivity index (χ0) is 11.4. The minimum absolute atomic E-state index is 0.264. The van der Waals surface area contributed by atoms with E-state index in [1.54, 1.807) is 0 Å². The lowest BCUT2D eigenvalue weighted by molar-refractivity contribution is 0.282. The van der Waals surface area contributed by atoms with Crippen molar-refractivity contribution in [1.82, 2.24) is 5.32 Å². The second-order valence-corrected chi connectivity index (χ2v) is 5.96. The molecule has 0 spiro atoms. The SMILES string of the molecule is OCCCNC1CCSc2ccc(Br)cc21. The standard InChI is InChI=1S/C12H16BrNOS/c13-9-2-3-12-10(8-9)11(4-7-16-12)14-5-1-6-15/h2-3,8,11,14-15H,1,4-7H2. The van der Waals surface area contributed by atoms with E-state index in [2.05, 4.69) is 39.4 Å². The molecule has 1 aromatic carbocycles. The van der Waals surface area contributed by atoms with E-state index >= 15 is 0 Å². The van der Waals surface area contributed by atoms with E-state index < -0.39 is 0 Å². The van der Waals surface area contributed by atoms with Crippen molar-refractivity contribution in [2.24, 2.45) is 0 Å². The van der Waals surface area contributed by atoms with E-state index in [4.69, 9.17) is 5.11 Å². The smallest absolute Gasteiger partial charge is 0.0443 e. The van der Waals surface area contributed by atoms with Crippen LogP contribution in [0.3, 0.4) is 0 Å². The van der Waals surface area contributed by atoms with Gasteiger partial charge < -0.3 is 10.4 Å². The molecule has 1 aliphatic rings. The second-order valence-electron chi connectivity index (χ2n) is 3.90. The molecule has 1 aromatic rings. The highest BCUT2D eigenvalue weighted by Gasteiger charge is 2.19. The lowest BCUT2D eigenvalue weighted by Gasteiger charge is -2.26. The Labute approximate surface area is 109 Å². The number of hydrogen-bond donors (Lipinski definition) is 2. The molecule has 0 amide bonds. The fourth-order valence-corrected chi connectivity index (χ4v) is 3.42. The highest BCUT2D eigenvalue weighted by atomic mass is 79.9. The molecule has 0 radical (unpaired) electrons. The van der Waals surface area contributed by atoms with E-state index in [1.165, 1.54) is 22.6 Å². The van der Waals surface area contributed by atoms with Gasteiger partial charge in [0.05, 0.1) is 0 Å². The average molecular weight is 302 g/mol. The number of benzene rings is 1. The van der Waals surface area contributed by atoms with Crippen LogP contribution in [0.2, 0.25) is 0 Å². The summed E-state index contributed by atoms with van der Waals surface area (Å²) >= 11 is 5.45. The van der Waals surface area contributed by atoms with Gasteiger partial charge >= 0.3 is 0 Å². The number of halogens is 1. The number of thioether (sulfide) groups is 1. The Bertz CT molecular complexity index is 359. The molecule has 88 valence electrons. The molecule has 1 aliphatic heterocycles. The van der Waals surface area contributed by atoms with Gasteiger partial charge in [-0.3, -0.25) is 0 Å². The van der Waals surface area contributed by atoms with Crippen LogP contribution in [0.4, 0.5) is 0 Å². The molecule has 4 heteroatoms. The van der Waals surface area contributed by atoms with Gasteiger partial charge in [-0.15, -0.1) is 11.8 Å². The van der Waals surface area contributed by atoms with E-state index in [9.17, 15) is 0 Å². The van der Waals surface area contributed by atoms with Crippen molar-refractivity contribution in [1.29, 1.82) is 0 Å². The third-order valence-corrected chi connectivity index (χ3v) is 4.35. The normalized spacial score (nSPS) is 19.5. The maximum atomic E-state index is 8.78. The van der Waals surface area contributed by atoms with Crippen LogP contribution >= 0.6 is 27.7 Å². The van der Waals surface area contributed by atoms with Crippen LogP contribution in [0.15, 0.2) is 27.6 Å². The van der Waals surface area contributed by atoms with Gasteiger partial charge in [-0.1, -0.05) is 15.9 Å². The summed E-state index contributed by atoms with van der Waals surface area (Å²) in [7, 11) is 0. The number of aliphatic hydroxyl groups is 1. The fourth-order valence-electron chi connectivity index (χ4n) is 1.93. The Morgan fingerprint density at radius 3 is 3.19 bits per heavy atom. The lowest BCUT2D eigenvalue weighted by Crippen LogP contribution is -2.26. The van der Waals surface area contributed by atoms with E-state index in [0.29, 0.717) is 6.04 Å². The third-order valence-electron chi connectivity index (χ3n) is 2.74. The zero-order valence-corrected chi connectivity index (χ0v) is 11.5. The number of aliphatic hydroxyl groups excluding tert-OH is 1. The van der Waals surface area contributed by atoms with Gasteiger partial charge in [0.2, 0.25) is 0 Å². The van der Waals surface area contributed by atoms with E-state index in [1.807, 2.05) is 11.8 Å². The molecular formula is C12H16BrNOS. The highest BCUT2D eigenvalue weighted by molar-refractivity contribution is 9.10. The summed E-state index contributed by atoms with van der Waals surface area (Å²) in [5.74, 6) is 1.17. The predicted molar refractivity (Wildman–Crippen MR) is 71.9 cm³/mol. The highest BCUT2D eigenvalue weighted by Crippen LogP contribution is 2.37. The summed E-state index contributed by atoms with van der Waals surface area (Å²) in [5, 5.41) is 12.3. The third kappa shape index (κ3) is 3.00. The van der Waals surface area contributed by atoms with Gasteiger partial charge in [-0.25, -0.2) is 0 Å². The molecule has 0 bridgehead atoms. The van der Waals surface area contributed by atoms with Gasteiger partial charge in [0.25, 0.3) is 0 Å². The van der Waals surface area contributed by atoms with Gasteiger partial charge in [-0.2, -0.15) is 0 Å². The minimum atomic E-state index is 0.264. The Hall–Kier alpha value is -0.0300. The first-order valence-electron chi connectivity index (χ1n) is 5.58. The molecule has 2 nitrogen and oxygen atoms in total. The van der Waals surface area contributed by atoms with Crippen molar-refractivity contribution < 1.29 is 5.11 Å². The molecule has 2 N–H and O–H groups in total. The molecule has 0 saturated carbocycles. The number of rotatable bonds is 4. The van der Waals surface area contributed by atoms with Crippen molar-refractivity contribution >= 4 is 27.7 Å². The topological polar surface area (TPSA) is 32.3 Å². The first-order valence-corrected chi connectivity index (χ1v) is 7.35. The summed E-state index contributed by atoms with van der Waals surface area (Å²) in [6.07, 6.45) is 1.99. The summed E-state index contributed by atoms with van der Waals surface area (Å²) in [6, 6.07) is 6.93. The van der Waals surface area contributed by atoms with Crippen molar-refractivity contribution in [2.45, 2.75) is 23.8 Å². The summed E-state index contributed by atoms with van der Waals surface area (Å²) in [5.41, 5.74) is 1.39. The molecule has 1 unspecified atom stereocenters.